The van der Waals surface area contributed by atoms with Crippen molar-refractivity contribution in [2.45, 2.75) is 6.18 Å². The third kappa shape index (κ3) is 3.29. The molecule has 3 aromatic rings. The predicted molar refractivity (Wildman–Crippen MR) is 91.7 cm³/mol. The van der Waals surface area contributed by atoms with Gasteiger partial charge in [-0.2, -0.15) is 23.7 Å². The van der Waals surface area contributed by atoms with E-state index in [-0.39, 0.29) is 33.8 Å². The van der Waals surface area contributed by atoms with Gasteiger partial charge in [-0.3, -0.25) is 4.98 Å². The lowest BCUT2D eigenvalue weighted by Crippen LogP contribution is -2.06. The van der Waals surface area contributed by atoms with Crippen LogP contribution in [0.4, 0.5) is 19.0 Å². The number of nitrogens with two attached hydrogens (primary N) is 1. The first-order valence-electron chi connectivity index (χ1n) is 7.58. The molecule has 0 aliphatic rings. The van der Waals surface area contributed by atoms with Gasteiger partial charge in [0.05, 0.1) is 16.8 Å². The highest BCUT2D eigenvalue weighted by molar-refractivity contribution is 5.87. The van der Waals surface area contributed by atoms with Crippen LogP contribution in [-0.2, 0) is 6.18 Å². The third-order valence-corrected chi connectivity index (χ3v) is 3.90. The van der Waals surface area contributed by atoms with E-state index in [0.717, 1.165) is 12.1 Å². The molecule has 0 saturated carbocycles. The second-order valence-electron chi connectivity index (χ2n) is 5.51. The van der Waals surface area contributed by atoms with Crippen molar-refractivity contribution in [3.8, 4) is 34.5 Å². The van der Waals surface area contributed by atoms with Crippen LogP contribution in [-0.4, -0.2) is 9.97 Å². The molecule has 1 aromatic carbocycles. The lowest BCUT2D eigenvalue weighted by Gasteiger charge is -2.14. The molecule has 0 unspecified atom stereocenters. The maximum Gasteiger partial charge on any atom is 0.416 e. The molecule has 0 radical (unpaired) electrons. The number of hydrogen-bond donors (Lipinski definition) is 1. The minimum absolute atomic E-state index is 0.0479. The van der Waals surface area contributed by atoms with Crippen LogP contribution in [0.3, 0.4) is 0 Å². The molecule has 27 heavy (non-hydrogen) atoms. The standard InChI is InChI=1S/C19H10F3N5/c20-19(21,22)13-3-1-11(2-4-13)16-14(9-23)17(12-5-7-26-8-6-12)27-18(25)15(16)10-24/h1-8H,(H2,25,27). The maximum absolute atomic E-state index is 12.8. The number of rotatable bonds is 2. The van der Waals surface area contributed by atoms with Gasteiger partial charge in [-0.15, -0.1) is 0 Å². The number of aromatic nitrogens is 2. The third-order valence-electron chi connectivity index (χ3n) is 3.90. The maximum atomic E-state index is 12.8. The van der Waals surface area contributed by atoms with E-state index in [1.165, 1.54) is 24.5 Å². The van der Waals surface area contributed by atoms with Gasteiger partial charge < -0.3 is 5.73 Å². The molecule has 0 saturated heterocycles. The van der Waals surface area contributed by atoms with Crippen molar-refractivity contribution >= 4 is 5.82 Å². The zero-order chi connectivity index (χ0) is 19.6. The van der Waals surface area contributed by atoms with Gasteiger partial charge in [-0.25, -0.2) is 4.98 Å². The van der Waals surface area contributed by atoms with Crippen LogP contribution in [0.2, 0.25) is 0 Å². The Morgan fingerprint density at radius 2 is 1.44 bits per heavy atom. The number of nitrogen functional groups attached to an aromatic ring is 1. The summed E-state index contributed by atoms with van der Waals surface area (Å²) in [6, 6.07) is 11.3. The van der Waals surface area contributed by atoms with Crippen molar-refractivity contribution in [1.82, 2.24) is 9.97 Å². The van der Waals surface area contributed by atoms with Gasteiger partial charge in [0, 0.05) is 23.5 Å². The summed E-state index contributed by atoms with van der Waals surface area (Å²) in [7, 11) is 0. The van der Waals surface area contributed by atoms with E-state index < -0.39 is 11.7 Å². The van der Waals surface area contributed by atoms with E-state index in [4.69, 9.17) is 5.73 Å². The summed E-state index contributed by atoms with van der Waals surface area (Å²) in [5, 5.41) is 19.1. The number of hydrogen-bond acceptors (Lipinski definition) is 5. The van der Waals surface area contributed by atoms with Crippen LogP contribution < -0.4 is 5.73 Å². The Bertz CT molecular complexity index is 1080. The highest BCUT2D eigenvalue weighted by atomic mass is 19.4. The Labute approximate surface area is 152 Å². The van der Waals surface area contributed by atoms with Crippen LogP contribution in [0.5, 0.6) is 0 Å². The molecule has 0 aliphatic carbocycles. The van der Waals surface area contributed by atoms with Crippen LogP contribution in [0, 0.1) is 22.7 Å². The molecule has 0 amide bonds. The van der Waals surface area contributed by atoms with Gasteiger partial charge >= 0.3 is 6.18 Å². The van der Waals surface area contributed by atoms with Crippen molar-refractivity contribution < 1.29 is 13.2 Å². The quantitative estimate of drug-likeness (QED) is 0.735. The fourth-order valence-corrected chi connectivity index (χ4v) is 2.66. The SMILES string of the molecule is N#Cc1c(N)nc(-c2ccncc2)c(C#N)c1-c1ccc(C(F)(F)F)cc1. The Morgan fingerprint density at radius 1 is 0.852 bits per heavy atom. The van der Waals surface area contributed by atoms with Gasteiger partial charge in [0.2, 0.25) is 0 Å². The number of halogens is 3. The van der Waals surface area contributed by atoms with Gasteiger partial charge in [0.15, 0.2) is 0 Å². The molecule has 2 N–H and O–H groups in total. The lowest BCUT2D eigenvalue weighted by atomic mass is 9.92. The van der Waals surface area contributed by atoms with E-state index in [9.17, 15) is 23.7 Å². The van der Waals surface area contributed by atoms with Crippen LogP contribution >= 0.6 is 0 Å². The van der Waals surface area contributed by atoms with Gasteiger partial charge in [0.25, 0.3) is 0 Å². The number of alkyl halides is 3. The topological polar surface area (TPSA) is 99.4 Å². The van der Waals surface area contributed by atoms with Crippen molar-refractivity contribution in [3.05, 3.63) is 65.5 Å². The molecule has 0 bridgehead atoms. The van der Waals surface area contributed by atoms with Crippen molar-refractivity contribution in [2.75, 3.05) is 5.73 Å². The number of anilines is 1. The zero-order valence-corrected chi connectivity index (χ0v) is 13.6. The smallest absolute Gasteiger partial charge is 0.383 e. The Morgan fingerprint density at radius 3 is 1.96 bits per heavy atom. The van der Waals surface area contributed by atoms with Gasteiger partial charge in [-0.05, 0) is 29.8 Å². The summed E-state index contributed by atoms with van der Waals surface area (Å²) in [4.78, 5) is 8.05. The molecule has 2 aromatic heterocycles. The van der Waals surface area contributed by atoms with Gasteiger partial charge in [-0.1, -0.05) is 12.1 Å². The predicted octanol–water partition coefficient (Wildman–Crippen LogP) is 4.15. The molecule has 8 heteroatoms. The normalized spacial score (nSPS) is 10.9. The lowest BCUT2D eigenvalue weighted by molar-refractivity contribution is -0.137. The second kappa shape index (κ2) is 6.77. The summed E-state index contributed by atoms with van der Waals surface area (Å²) < 4.78 is 38.5. The molecule has 0 fully saturated rings. The van der Waals surface area contributed by atoms with E-state index in [2.05, 4.69) is 9.97 Å². The van der Waals surface area contributed by atoms with E-state index in [1.54, 1.807) is 12.1 Å². The summed E-state index contributed by atoms with van der Waals surface area (Å²) in [6.07, 6.45) is -1.48. The van der Waals surface area contributed by atoms with Crippen LogP contribution in [0.15, 0.2) is 48.8 Å². The molecule has 0 aliphatic heterocycles. The first-order valence-corrected chi connectivity index (χ1v) is 7.58. The summed E-state index contributed by atoms with van der Waals surface area (Å²) >= 11 is 0. The first-order chi connectivity index (χ1) is 12.9. The average molecular weight is 365 g/mol. The van der Waals surface area contributed by atoms with Crippen LogP contribution in [0.1, 0.15) is 16.7 Å². The molecule has 5 nitrogen and oxygen atoms in total. The minimum atomic E-state index is -4.49. The second-order valence-corrected chi connectivity index (χ2v) is 5.51. The summed E-state index contributed by atoms with van der Waals surface area (Å²) in [6.45, 7) is 0. The molecule has 0 spiro atoms. The zero-order valence-electron chi connectivity index (χ0n) is 13.6. The van der Waals surface area contributed by atoms with E-state index in [1.807, 2.05) is 12.1 Å². The Balaban J connectivity index is 2.30. The molecular formula is C19H10F3N5. The Kier molecular flexibility index (Phi) is 4.49. The van der Waals surface area contributed by atoms with E-state index in [0.29, 0.717) is 5.56 Å². The molecule has 2 heterocycles. The number of pyridine rings is 2. The molecule has 0 atom stereocenters. The van der Waals surface area contributed by atoms with Crippen molar-refractivity contribution in [3.63, 3.8) is 0 Å². The van der Waals surface area contributed by atoms with Crippen molar-refractivity contribution in [1.29, 1.82) is 10.5 Å². The molecule has 132 valence electrons. The largest absolute Gasteiger partial charge is 0.416 e. The number of nitrogens with zero attached hydrogens (tertiary/aromatic N) is 4. The fourth-order valence-electron chi connectivity index (χ4n) is 2.66. The highest BCUT2D eigenvalue weighted by Gasteiger charge is 2.30. The number of nitriles is 2. The number of benzene rings is 1. The monoisotopic (exact) mass is 365 g/mol. The average Bonchev–Trinajstić information content (AvgIpc) is 2.67. The first kappa shape index (κ1) is 17.9. The summed E-state index contributed by atoms with van der Waals surface area (Å²) in [5.41, 5.74) is 6.23. The minimum Gasteiger partial charge on any atom is -0.383 e. The molecule has 3 rings (SSSR count). The summed E-state index contributed by atoms with van der Waals surface area (Å²) in [5.74, 6) is -0.113. The van der Waals surface area contributed by atoms with E-state index >= 15 is 0 Å². The Hall–Kier alpha value is -3.91. The van der Waals surface area contributed by atoms with Crippen LogP contribution in [0.25, 0.3) is 22.4 Å². The fraction of sp³-hybridized carbons (Fsp3) is 0.0526. The van der Waals surface area contributed by atoms with Crippen molar-refractivity contribution in [2.24, 2.45) is 0 Å². The highest BCUT2D eigenvalue weighted by Crippen LogP contribution is 2.37. The van der Waals surface area contributed by atoms with Gasteiger partial charge in [0.1, 0.15) is 23.5 Å². The molecular weight excluding hydrogens is 355 g/mol.